The summed E-state index contributed by atoms with van der Waals surface area (Å²) < 4.78 is 40.6. The average Bonchev–Trinajstić information content (AvgIpc) is 3.55. The first kappa shape index (κ1) is 21.1. The van der Waals surface area contributed by atoms with Gasteiger partial charge in [0.05, 0.1) is 28.8 Å². The summed E-state index contributed by atoms with van der Waals surface area (Å²) in [6.07, 6.45) is -1.51. The van der Waals surface area contributed by atoms with Crippen LogP contribution in [0.15, 0.2) is 53.6 Å². The lowest BCUT2D eigenvalue weighted by atomic mass is 10.0. The Bertz CT molecular complexity index is 1200. The Morgan fingerprint density at radius 2 is 1.94 bits per heavy atom. The number of aromatic nitrogens is 2. The molecule has 1 amide bonds. The summed E-state index contributed by atoms with van der Waals surface area (Å²) in [7, 11) is 0. The molecule has 2 aromatic carbocycles. The fraction of sp³-hybridized carbons (Fsp3) is 0.348. The van der Waals surface area contributed by atoms with Gasteiger partial charge >= 0.3 is 6.18 Å². The molecule has 1 aliphatic carbocycles. The second kappa shape index (κ2) is 7.83. The maximum absolute atomic E-state index is 13.2. The van der Waals surface area contributed by atoms with Gasteiger partial charge in [-0.25, -0.2) is 4.98 Å². The summed E-state index contributed by atoms with van der Waals surface area (Å²) in [6.45, 7) is 3.36. The van der Waals surface area contributed by atoms with Crippen molar-refractivity contribution in [3.63, 3.8) is 0 Å². The number of rotatable bonds is 5. The fourth-order valence-electron chi connectivity index (χ4n) is 3.90. The van der Waals surface area contributed by atoms with E-state index in [0.717, 1.165) is 30.5 Å². The van der Waals surface area contributed by atoms with Crippen LogP contribution in [0.3, 0.4) is 0 Å². The van der Waals surface area contributed by atoms with Crippen molar-refractivity contribution in [2.75, 3.05) is 0 Å². The normalized spacial score (nSPS) is 15.1. The van der Waals surface area contributed by atoms with Gasteiger partial charge in [-0.15, -0.1) is 0 Å². The summed E-state index contributed by atoms with van der Waals surface area (Å²) in [5.41, 5.74) is 0.808. The molecule has 1 atom stereocenters. The van der Waals surface area contributed by atoms with Crippen molar-refractivity contribution in [2.24, 2.45) is 0 Å². The summed E-state index contributed by atoms with van der Waals surface area (Å²) in [5, 5.41) is 0.430. The van der Waals surface area contributed by atoms with Gasteiger partial charge in [0.2, 0.25) is 5.91 Å². The van der Waals surface area contributed by atoms with Crippen LogP contribution >= 0.6 is 0 Å². The molecule has 3 aromatic rings. The third-order valence-corrected chi connectivity index (χ3v) is 5.70. The molecule has 5 nitrogen and oxygen atoms in total. The minimum atomic E-state index is -4.45. The minimum Gasteiger partial charge on any atom is -0.331 e. The molecular weight excluding hydrogens is 407 g/mol. The van der Waals surface area contributed by atoms with E-state index >= 15 is 0 Å². The Labute approximate surface area is 177 Å². The van der Waals surface area contributed by atoms with E-state index in [4.69, 9.17) is 0 Å². The number of amides is 1. The van der Waals surface area contributed by atoms with Crippen molar-refractivity contribution in [1.82, 2.24) is 14.5 Å². The smallest absolute Gasteiger partial charge is 0.331 e. The molecule has 1 aliphatic rings. The zero-order chi connectivity index (χ0) is 22.3. The zero-order valence-electron chi connectivity index (χ0n) is 17.2. The molecule has 0 spiro atoms. The van der Waals surface area contributed by atoms with Gasteiger partial charge in [-0.2, -0.15) is 13.2 Å². The third kappa shape index (κ3) is 4.19. The van der Waals surface area contributed by atoms with Crippen molar-refractivity contribution in [3.8, 4) is 0 Å². The van der Waals surface area contributed by atoms with Crippen LogP contribution < -0.4 is 5.56 Å². The largest absolute Gasteiger partial charge is 0.416 e. The van der Waals surface area contributed by atoms with Crippen LogP contribution in [0.1, 0.15) is 42.5 Å². The number of fused-ring (bicyclic) bond motifs is 1. The zero-order valence-corrected chi connectivity index (χ0v) is 17.2. The second-order valence-corrected chi connectivity index (χ2v) is 7.98. The van der Waals surface area contributed by atoms with Gasteiger partial charge in [0.1, 0.15) is 6.54 Å². The first-order valence-electron chi connectivity index (χ1n) is 10.1. The van der Waals surface area contributed by atoms with Gasteiger partial charge in [0.15, 0.2) is 0 Å². The van der Waals surface area contributed by atoms with Crippen LogP contribution in [-0.4, -0.2) is 26.4 Å². The molecule has 0 radical (unpaired) electrons. The van der Waals surface area contributed by atoms with Crippen molar-refractivity contribution in [2.45, 2.75) is 51.5 Å². The molecule has 0 saturated heterocycles. The topological polar surface area (TPSA) is 55.2 Å². The molecule has 1 saturated carbocycles. The Kier molecular flexibility index (Phi) is 5.33. The Morgan fingerprint density at radius 3 is 2.61 bits per heavy atom. The van der Waals surface area contributed by atoms with Crippen molar-refractivity contribution >= 4 is 16.8 Å². The number of carbonyl (C=O) groups excluding carboxylic acids is 1. The molecule has 1 fully saturated rings. The molecule has 162 valence electrons. The predicted octanol–water partition coefficient (Wildman–Crippen LogP) is 4.48. The van der Waals surface area contributed by atoms with Crippen LogP contribution in [0.5, 0.6) is 0 Å². The number of para-hydroxylation sites is 1. The first-order valence-corrected chi connectivity index (χ1v) is 10.1. The quantitative estimate of drug-likeness (QED) is 0.601. The standard InChI is InChI=1S/C23H22F3N3O2/c1-14-5-3-8-19-21(14)27-13-28(22(19)31)12-20(30)29(18-9-10-18)15(2)16-6-4-7-17(11-16)23(24,25)26/h3-8,11,13,15,18H,9-10,12H2,1-2H3/t15-/m0/s1. The summed E-state index contributed by atoms with van der Waals surface area (Å²) in [5.74, 6) is -0.316. The van der Waals surface area contributed by atoms with Gasteiger partial charge in [-0.3, -0.25) is 14.2 Å². The van der Waals surface area contributed by atoms with Crippen LogP contribution in [0.2, 0.25) is 0 Å². The van der Waals surface area contributed by atoms with E-state index in [1.54, 1.807) is 30.0 Å². The fourth-order valence-corrected chi connectivity index (χ4v) is 3.90. The number of alkyl halides is 3. The number of hydrogen-bond donors (Lipinski definition) is 0. The van der Waals surface area contributed by atoms with Gasteiger partial charge in [0, 0.05) is 6.04 Å². The summed E-state index contributed by atoms with van der Waals surface area (Å²) in [6, 6.07) is 9.75. The van der Waals surface area contributed by atoms with Gasteiger partial charge in [-0.05, 0) is 56.0 Å². The van der Waals surface area contributed by atoms with Gasteiger partial charge in [-0.1, -0.05) is 24.3 Å². The lowest BCUT2D eigenvalue weighted by Gasteiger charge is -2.30. The maximum Gasteiger partial charge on any atom is 0.416 e. The Morgan fingerprint density at radius 1 is 1.23 bits per heavy atom. The summed E-state index contributed by atoms with van der Waals surface area (Å²) in [4.78, 5) is 31.9. The van der Waals surface area contributed by atoms with E-state index in [2.05, 4.69) is 4.98 Å². The van der Waals surface area contributed by atoms with Crippen LogP contribution in [-0.2, 0) is 17.5 Å². The Hall–Kier alpha value is -3.16. The second-order valence-electron chi connectivity index (χ2n) is 7.98. The van der Waals surface area contributed by atoms with Crippen molar-refractivity contribution < 1.29 is 18.0 Å². The SMILES string of the molecule is Cc1cccc2c(=O)n(CC(=O)N(C3CC3)[C@@H](C)c3cccc(C(F)(F)F)c3)cnc12. The number of halogens is 3. The lowest BCUT2D eigenvalue weighted by Crippen LogP contribution is -2.39. The number of benzene rings is 2. The lowest BCUT2D eigenvalue weighted by molar-refractivity contribution is -0.137. The molecule has 0 unspecified atom stereocenters. The molecule has 8 heteroatoms. The van der Waals surface area contributed by atoms with E-state index in [0.29, 0.717) is 16.5 Å². The number of carbonyl (C=O) groups is 1. The minimum absolute atomic E-state index is 0.0385. The predicted molar refractivity (Wildman–Crippen MR) is 110 cm³/mol. The molecule has 1 aromatic heterocycles. The van der Waals surface area contributed by atoms with Crippen LogP contribution in [0.25, 0.3) is 10.9 Å². The van der Waals surface area contributed by atoms with E-state index in [-0.39, 0.29) is 24.1 Å². The highest BCUT2D eigenvalue weighted by molar-refractivity contribution is 5.81. The van der Waals surface area contributed by atoms with Crippen LogP contribution in [0.4, 0.5) is 13.2 Å². The van der Waals surface area contributed by atoms with E-state index < -0.39 is 17.8 Å². The molecule has 1 heterocycles. The molecule has 0 aliphatic heterocycles. The number of hydrogen-bond acceptors (Lipinski definition) is 3. The van der Waals surface area contributed by atoms with Crippen LogP contribution in [0, 0.1) is 6.92 Å². The number of aryl methyl sites for hydroxylation is 1. The molecule has 4 rings (SSSR count). The van der Waals surface area contributed by atoms with Crippen molar-refractivity contribution in [3.05, 3.63) is 75.8 Å². The molecule has 0 bridgehead atoms. The first-order chi connectivity index (χ1) is 14.7. The highest BCUT2D eigenvalue weighted by atomic mass is 19.4. The number of nitrogens with zero attached hydrogens (tertiary/aromatic N) is 3. The highest BCUT2D eigenvalue weighted by Crippen LogP contribution is 2.36. The maximum atomic E-state index is 13.2. The summed E-state index contributed by atoms with van der Waals surface area (Å²) >= 11 is 0. The van der Waals surface area contributed by atoms with Gasteiger partial charge < -0.3 is 4.90 Å². The monoisotopic (exact) mass is 429 g/mol. The third-order valence-electron chi connectivity index (χ3n) is 5.70. The van der Waals surface area contributed by atoms with E-state index in [9.17, 15) is 22.8 Å². The van der Waals surface area contributed by atoms with E-state index in [1.807, 2.05) is 13.0 Å². The average molecular weight is 429 g/mol. The molecule has 0 N–H and O–H groups in total. The van der Waals surface area contributed by atoms with Crippen molar-refractivity contribution in [1.29, 1.82) is 0 Å². The molecule has 31 heavy (non-hydrogen) atoms. The Balaban J connectivity index is 1.63. The molecular formula is C23H22F3N3O2. The van der Waals surface area contributed by atoms with E-state index in [1.165, 1.54) is 17.0 Å². The van der Waals surface area contributed by atoms with Gasteiger partial charge in [0.25, 0.3) is 5.56 Å². The highest BCUT2D eigenvalue weighted by Gasteiger charge is 2.37.